The lowest BCUT2D eigenvalue weighted by molar-refractivity contribution is 0.0879. The van der Waals surface area contributed by atoms with Gasteiger partial charge in [0.05, 0.1) is 32.9 Å². The molecule has 0 bridgehead atoms. The van der Waals surface area contributed by atoms with Gasteiger partial charge in [-0.15, -0.1) is 6.42 Å². The molecule has 3 saturated heterocycles. The Morgan fingerprint density at radius 2 is 2.13 bits per heavy atom. The second-order valence-corrected chi connectivity index (χ2v) is 12.5. The molecule has 45 heavy (non-hydrogen) atoms. The summed E-state index contributed by atoms with van der Waals surface area (Å²) in [4.78, 5) is 17.0. The number of aromatic nitrogens is 3. The number of alkyl halides is 2. The van der Waals surface area contributed by atoms with E-state index in [0.717, 1.165) is 0 Å². The molecule has 6 atom stereocenters. The van der Waals surface area contributed by atoms with Crippen molar-refractivity contribution in [2.45, 2.75) is 56.2 Å². The van der Waals surface area contributed by atoms with Crippen LogP contribution in [-0.2, 0) is 4.74 Å². The van der Waals surface area contributed by atoms with Crippen LogP contribution in [0.1, 0.15) is 34.5 Å². The Kier molecular flexibility index (Phi) is 6.07. The van der Waals surface area contributed by atoms with Gasteiger partial charge in [0, 0.05) is 53.3 Å². The molecule has 8 nitrogen and oxygen atoms in total. The summed E-state index contributed by atoms with van der Waals surface area (Å²) in [7, 11) is 0. The number of halogens is 3. The molecule has 8 rings (SSSR count). The van der Waals surface area contributed by atoms with Crippen LogP contribution in [-0.4, -0.2) is 82.7 Å². The average Bonchev–Trinajstić information content (AvgIpc) is 3.44. The maximum absolute atomic E-state index is 16.9. The van der Waals surface area contributed by atoms with E-state index >= 15 is 8.78 Å². The monoisotopic (exact) mass is 616 g/mol. The summed E-state index contributed by atoms with van der Waals surface area (Å²) in [5, 5.41) is 1.48. The number of terminal acetylenes is 1. The van der Waals surface area contributed by atoms with E-state index in [9.17, 15) is 4.39 Å². The number of nitrogen functional groups attached to an aromatic ring is 1. The van der Waals surface area contributed by atoms with E-state index in [2.05, 4.69) is 20.9 Å². The van der Waals surface area contributed by atoms with Crippen LogP contribution in [0.2, 0.25) is 0 Å². The second-order valence-electron chi connectivity index (χ2n) is 12.5. The standard InChI is InChI=1S/C34H33F3N6O2/c1-3-19-6-4-7-20-12-21(38)13-22(26(19)20)29-28(37)30-23(15-39-29)32(42-10-11-44-16-24-27(36)31(24)42)41-33(40-30)45-17-34-8-5-9-43(34)18(2)25(35)14-34/h1,4,6-7,12-13,15,18,24-25,27,31H,5,8-11,14,16-17,38H2,2H3/t18-,24+,25-,27+,31+,34+/m1/s1/i17D2. The molecular weight excluding hydrogens is 581 g/mol. The zero-order chi connectivity index (χ0) is 32.8. The van der Waals surface area contributed by atoms with Gasteiger partial charge in [-0.3, -0.25) is 9.88 Å². The largest absolute Gasteiger partial charge is 0.461 e. The van der Waals surface area contributed by atoms with Gasteiger partial charge in [0.25, 0.3) is 0 Å². The predicted octanol–water partition coefficient (Wildman–Crippen LogP) is 5.06. The highest BCUT2D eigenvalue weighted by Crippen LogP contribution is 2.46. The van der Waals surface area contributed by atoms with Crippen molar-refractivity contribution in [3.8, 4) is 29.6 Å². The fourth-order valence-corrected chi connectivity index (χ4v) is 7.61. The molecule has 0 spiro atoms. The lowest BCUT2D eigenvalue weighted by Crippen LogP contribution is -2.46. The van der Waals surface area contributed by atoms with Gasteiger partial charge >= 0.3 is 6.01 Å². The zero-order valence-corrected chi connectivity index (χ0v) is 24.6. The molecule has 1 aliphatic carbocycles. The van der Waals surface area contributed by atoms with Gasteiger partial charge in [-0.2, -0.15) is 9.97 Å². The molecule has 1 saturated carbocycles. The molecule has 5 heterocycles. The smallest absolute Gasteiger partial charge is 0.319 e. The number of rotatable bonds is 5. The summed E-state index contributed by atoms with van der Waals surface area (Å²) in [6.07, 6.45) is 5.83. The van der Waals surface area contributed by atoms with Gasteiger partial charge < -0.3 is 20.1 Å². The molecule has 0 unspecified atom stereocenters. The number of nitrogens with two attached hydrogens (primary N) is 1. The number of anilines is 2. The fraction of sp³-hybridized carbons (Fsp3) is 0.441. The van der Waals surface area contributed by atoms with Crippen molar-refractivity contribution >= 4 is 33.2 Å². The van der Waals surface area contributed by atoms with E-state index in [1.165, 1.54) is 6.20 Å². The summed E-state index contributed by atoms with van der Waals surface area (Å²) < 4.78 is 76.8. The van der Waals surface area contributed by atoms with Gasteiger partial charge in [0.1, 0.15) is 35.9 Å². The number of hydrogen-bond donors (Lipinski definition) is 1. The minimum Gasteiger partial charge on any atom is -0.461 e. The van der Waals surface area contributed by atoms with Crippen LogP contribution in [0.15, 0.2) is 36.5 Å². The van der Waals surface area contributed by atoms with Crippen LogP contribution in [0.25, 0.3) is 32.9 Å². The van der Waals surface area contributed by atoms with Gasteiger partial charge in [0.2, 0.25) is 0 Å². The van der Waals surface area contributed by atoms with Crippen molar-refractivity contribution in [1.82, 2.24) is 19.9 Å². The van der Waals surface area contributed by atoms with Crippen LogP contribution in [0, 0.1) is 24.1 Å². The summed E-state index contributed by atoms with van der Waals surface area (Å²) in [5.41, 5.74) is 5.96. The Balaban J connectivity index is 1.31. The SMILES string of the molecule is [2H]C([2H])(Oc1nc(N2CCOC[C@H]3[C@H](F)[C@H]32)c2cnc(-c3cc(N)cc4cccc(C#C)c34)c(F)c2n1)[C@@]12CCCN1[C@H](C)[C@H](F)C2. The highest BCUT2D eigenvalue weighted by atomic mass is 19.1. The van der Waals surface area contributed by atoms with E-state index in [1.807, 2.05) is 11.0 Å². The number of benzene rings is 2. The Morgan fingerprint density at radius 1 is 1.27 bits per heavy atom. The molecule has 4 fully saturated rings. The number of nitrogens with zero attached hydrogens (tertiary/aromatic N) is 5. The molecule has 4 aromatic rings. The van der Waals surface area contributed by atoms with Crippen molar-refractivity contribution in [2.24, 2.45) is 5.92 Å². The third-order valence-corrected chi connectivity index (χ3v) is 9.92. The molecule has 2 aromatic heterocycles. The van der Waals surface area contributed by atoms with Crippen LogP contribution >= 0.6 is 0 Å². The fourth-order valence-electron chi connectivity index (χ4n) is 7.61. The molecule has 3 aliphatic heterocycles. The third kappa shape index (κ3) is 4.41. The lowest BCUT2D eigenvalue weighted by Gasteiger charge is -2.33. The normalized spacial score (nSPS) is 30.4. The molecule has 2 aromatic carbocycles. The summed E-state index contributed by atoms with van der Waals surface area (Å²) >= 11 is 0. The van der Waals surface area contributed by atoms with Crippen molar-refractivity contribution in [1.29, 1.82) is 0 Å². The van der Waals surface area contributed by atoms with E-state index in [4.69, 9.17) is 24.4 Å². The van der Waals surface area contributed by atoms with Gasteiger partial charge in [-0.05, 0) is 49.9 Å². The maximum atomic E-state index is 16.9. The number of pyridine rings is 1. The Morgan fingerprint density at radius 3 is 2.98 bits per heavy atom. The topological polar surface area (TPSA) is 89.6 Å². The average molecular weight is 617 g/mol. The summed E-state index contributed by atoms with van der Waals surface area (Å²) in [6.45, 7) is 0.625. The van der Waals surface area contributed by atoms with Crippen molar-refractivity contribution < 1.29 is 25.4 Å². The Hall–Kier alpha value is -4.14. The van der Waals surface area contributed by atoms with E-state index in [-0.39, 0.29) is 54.5 Å². The van der Waals surface area contributed by atoms with E-state index in [1.54, 1.807) is 36.1 Å². The molecule has 4 aliphatic rings. The second kappa shape index (κ2) is 10.5. The molecule has 2 N–H and O–H groups in total. The Bertz CT molecular complexity index is 1980. The van der Waals surface area contributed by atoms with Gasteiger partial charge in [-0.25, -0.2) is 13.2 Å². The maximum Gasteiger partial charge on any atom is 0.319 e. The van der Waals surface area contributed by atoms with Crippen molar-refractivity contribution in [3.63, 3.8) is 0 Å². The van der Waals surface area contributed by atoms with Crippen LogP contribution in [0.4, 0.5) is 24.7 Å². The first kappa shape index (κ1) is 26.1. The third-order valence-electron chi connectivity index (χ3n) is 9.92. The van der Waals surface area contributed by atoms with Crippen LogP contribution in [0.5, 0.6) is 6.01 Å². The lowest BCUT2D eigenvalue weighted by atomic mass is 9.94. The van der Waals surface area contributed by atoms with Crippen molar-refractivity contribution in [3.05, 3.63) is 47.9 Å². The highest BCUT2D eigenvalue weighted by Gasteiger charge is 2.57. The molecular formula is C34H33F3N6O2. The number of fused-ring (bicyclic) bond motifs is 4. The predicted molar refractivity (Wildman–Crippen MR) is 166 cm³/mol. The minimum absolute atomic E-state index is 0.0548. The van der Waals surface area contributed by atoms with E-state index < -0.39 is 48.4 Å². The molecule has 0 radical (unpaired) electrons. The van der Waals surface area contributed by atoms with Crippen molar-refractivity contribution in [2.75, 3.05) is 43.5 Å². The quantitative estimate of drug-likeness (QED) is 0.246. The first-order chi connectivity index (χ1) is 22.5. The zero-order valence-electron chi connectivity index (χ0n) is 26.6. The van der Waals surface area contributed by atoms with Crippen LogP contribution < -0.4 is 15.4 Å². The summed E-state index contributed by atoms with van der Waals surface area (Å²) in [6, 6.07) is 7.20. The highest BCUT2D eigenvalue weighted by molar-refractivity contribution is 6.03. The van der Waals surface area contributed by atoms with Gasteiger partial charge in [-0.1, -0.05) is 18.1 Å². The molecule has 232 valence electrons. The molecule has 11 heteroatoms. The molecule has 0 amide bonds. The van der Waals surface area contributed by atoms with Crippen LogP contribution in [0.3, 0.4) is 0 Å². The van der Waals surface area contributed by atoms with Gasteiger partial charge in [0.15, 0.2) is 5.82 Å². The minimum atomic E-state index is -2.44. The first-order valence-electron chi connectivity index (χ1n) is 16.3. The number of ether oxygens (including phenoxy) is 2. The van der Waals surface area contributed by atoms with E-state index in [0.29, 0.717) is 47.0 Å². The Labute approximate surface area is 261 Å². The summed E-state index contributed by atoms with van der Waals surface area (Å²) in [5.74, 6) is 1.59. The number of hydrogen-bond acceptors (Lipinski definition) is 8. The first-order valence-corrected chi connectivity index (χ1v) is 15.3.